The lowest BCUT2D eigenvalue weighted by molar-refractivity contribution is -0.558. The van der Waals surface area contributed by atoms with Crippen molar-refractivity contribution in [3.05, 3.63) is 58.7 Å². The number of hydrogen-bond acceptors (Lipinski definition) is 1. The van der Waals surface area contributed by atoms with Crippen molar-refractivity contribution in [3.63, 3.8) is 0 Å². The van der Waals surface area contributed by atoms with E-state index in [1.54, 1.807) is 0 Å². The molecule has 0 unspecified atom stereocenters. The second kappa shape index (κ2) is 8.60. The van der Waals surface area contributed by atoms with Gasteiger partial charge in [0.1, 0.15) is 11.2 Å². The van der Waals surface area contributed by atoms with E-state index in [0.717, 1.165) is 23.5 Å². The molecule has 4 aliphatic rings. The van der Waals surface area contributed by atoms with Crippen LogP contribution in [0.2, 0.25) is 0 Å². The highest BCUT2D eigenvalue weighted by molar-refractivity contribution is 5.58. The van der Waals surface area contributed by atoms with Crippen LogP contribution < -0.4 is 4.74 Å². The maximum absolute atomic E-state index is 6.68. The Bertz CT molecular complexity index is 979. The van der Waals surface area contributed by atoms with Crippen molar-refractivity contribution in [3.8, 4) is 5.75 Å². The van der Waals surface area contributed by atoms with E-state index >= 15 is 0 Å². The summed E-state index contributed by atoms with van der Waals surface area (Å²) < 4.78 is 9.17. The lowest BCUT2D eigenvalue weighted by Crippen LogP contribution is -2.56. The van der Waals surface area contributed by atoms with Crippen molar-refractivity contribution >= 4 is 12.1 Å². The first-order valence-electron chi connectivity index (χ1n) is 13.2. The molecule has 2 aromatic carbocycles. The molecule has 0 saturated heterocycles. The monoisotopic (exact) mass is 443 g/mol. The molecule has 0 spiro atoms. The first-order valence-corrected chi connectivity index (χ1v) is 13.2. The van der Waals surface area contributed by atoms with Gasteiger partial charge in [-0.1, -0.05) is 75.2 Å². The van der Waals surface area contributed by atoms with Crippen molar-refractivity contribution in [1.29, 1.82) is 0 Å². The highest BCUT2D eigenvalue weighted by Gasteiger charge is 2.56. The number of aryl methyl sites for hydroxylation is 2. The highest BCUT2D eigenvalue weighted by atomic mass is 16.5. The van der Waals surface area contributed by atoms with Crippen LogP contribution in [-0.4, -0.2) is 16.5 Å². The molecule has 4 aliphatic carbocycles. The van der Waals surface area contributed by atoms with Gasteiger partial charge < -0.3 is 4.74 Å². The maximum Gasteiger partial charge on any atom is 0.317 e. The average molecular weight is 444 g/mol. The predicted molar refractivity (Wildman–Crippen MR) is 137 cm³/mol. The normalized spacial score (nSPS) is 28.7. The SMILES string of the molecule is Cc1cccc(C)c1[N+](=[C-]Oc1c(C(C)C)cccc1C(C)C)C12CC3CC(CC(C3)C1)C2. The molecule has 176 valence electrons. The van der Waals surface area contributed by atoms with Gasteiger partial charge in [-0.05, 0) is 73.8 Å². The van der Waals surface area contributed by atoms with E-state index in [0.29, 0.717) is 11.8 Å². The smallest absolute Gasteiger partial charge is 0.317 e. The van der Waals surface area contributed by atoms with Crippen LogP contribution in [0.1, 0.15) is 100 Å². The molecule has 6 rings (SSSR count). The standard InChI is InChI=1S/C31H41NO/c1-20(2)27-11-8-12-28(21(3)4)30(27)33-19-32(29-22(5)9-7-10-23(29)6)31-16-24-13-25(17-31)15-26(14-24)18-31/h7-12,20-21,24-26H,13-18H2,1-6H3. The van der Waals surface area contributed by atoms with Gasteiger partial charge in [0.2, 0.25) is 0 Å². The molecule has 0 heterocycles. The zero-order valence-electron chi connectivity index (χ0n) is 21.4. The predicted octanol–water partition coefficient (Wildman–Crippen LogP) is 8.15. The summed E-state index contributed by atoms with van der Waals surface area (Å²) in [6.45, 7) is 13.5. The lowest BCUT2D eigenvalue weighted by Gasteiger charge is -2.55. The molecule has 2 heteroatoms. The van der Waals surface area contributed by atoms with E-state index in [9.17, 15) is 0 Å². The summed E-state index contributed by atoms with van der Waals surface area (Å²) in [7, 11) is 0. The van der Waals surface area contributed by atoms with Crippen molar-refractivity contribution in [2.45, 2.75) is 97.4 Å². The van der Waals surface area contributed by atoms with Crippen LogP contribution in [0.25, 0.3) is 0 Å². The average Bonchev–Trinajstić information content (AvgIpc) is 2.74. The van der Waals surface area contributed by atoms with Crippen LogP contribution in [0.5, 0.6) is 5.75 Å². The van der Waals surface area contributed by atoms with Gasteiger partial charge in [-0.15, -0.1) is 0 Å². The Morgan fingerprint density at radius 1 is 0.788 bits per heavy atom. The molecule has 4 bridgehead atoms. The molecule has 2 nitrogen and oxygen atoms in total. The summed E-state index contributed by atoms with van der Waals surface area (Å²) in [5, 5.41) is 0. The molecule has 0 radical (unpaired) electrons. The Labute approximate surface area is 201 Å². The van der Waals surface area contributed by atoms with E-state index in [-0.39, 0.29) is 5.54 Å². The van der Waals surface area contributed by atoms with Crippen LogP contribution in [0, 0.1) is 31.6 Å². The van der Waals surface area contributed by atoms with Crippen molar-refractivity contribution in [2.75, 3.05) is 0 Å². The molecule has 0 N–H and O–H groups in total. The van der Waals surface area contributed by atoms with Crippen LogP contribution in [-0.2, 0) is 0 Å². The molecule has 0 atom stereocenters. The fourth-order valence-electron chi connectivity index (χ4n) is 7.57. The molecule has 4 fully saturated rings. The largest absolute Gasteiger partial charge is 0.527 e. The Balaban J connectivity index is 1.65. The fraction of sp³-hybridized carbons (Fsp3) is 0.581. The van der Waals surface area contributed by atoms with Crippen molar-refractivity contribution in [1.82, 2.24) is 0 Å². The highest BCUT2D eigenvalue weighted by Crippen LogP contribution is 2.58. The molecule has 33 heavy (non-hydrogen) atoms. The number of ether oxygens (including phenoxy) is 1. The van der Waals surface area contributed by atoms with Crippen LogP contribution in [0.15, 0.2) is 36.4 Å². The number of benzene rings is 2. The van der Waals surface area contributed by atoms with Gasteiger partial charge in [0.25, 0.3) is 0 Å². The van der Waals surface area contributed by atoms with Crippen molar-refractivity contribution in [2.24, 2.45) is 17.8 Å². The third kappa shape index (κ3) is 4.04. The van der Waals surface area contributed by atoms with Gasteiger partial charge in [-0.3, -0.25) is 4.58 Å². The van der Waals surface area contributed by atoms with Gasteiger partial charge in [0, 0.05) is 25.0 Å². The fourth-order valence-corrected chi connectivity index (χ4v) is 7.57. The van der Waals surface area contributed by atoms with E-state index in [1.165, 1.54) is 66.5 Å². The first-order chi connectivity index (χ1) is 15.8. The third-order valence-electron chi connectivity index (χ3n) is 8.70. The molecule has 0 amide bonds. The summed E-state index contributed by atoms with van der Waals surface area (Å²) >= 11 is 0. The van der Waals surface area contributed by atoms with Crippen LogP contribution in [0.3, 0.4) is 0 Å². The summed E-state index contributed by atoms with van der Waals surface area (Å²) in [6.07, 6.45) is 11.8. The minimum atomic E-state index is 0.149. The van der Waals surface area contributed by atoms with E-state index in [2.05, 4.69) is 88.9 Å². The van der Waals surface area contributed by atoms with Crippen LogP contribution >= 0.6 is 0 Å². The van der Waals surface area contributed by atoms with Gasteiger partial charge in [0.15, 0.2) is 0 Å². The number of hydrogen-bond donors (Lipinski definition) is 0. The molecular weight excluding hydrogens is 402 g/mol. The second-order valence-corrected chi connectivity index (χ2v) is 12.0. The van der Waals surface area contributed by atoms with Crippen molar-refractivity contribution < 1.29 is 9.31 Å². The second-order valence-electron chi connectivity index (χ2n) is 12.0. The minimum absolute atomic E-state index is 0.149. The van der Waals surface area contributed by atoms with Gasteiger partial charge >= 0.3 is 6.40 Å². The van der Waals surface area contributed by atoms with E-state index in [4.69, 9.17) is 4.74 Å². The van der Waals surface area contributed by atoms with E-state index < -0.39 is 0 Å². The summed E-state index contributed by atoms with van der Waals surface area (Å²) in [5.41, 5.74) is 6.66. The molecule has 2 aromatic rings. The maximum atomic E-state index is 6.68. The van der Waals surface area contributed by atoms with Gasteiger partial charge in [-0.2, -0.15) is 0 Å². The number of nitrogens with zero attached hydrogens (tertiary/aromatic N) is 1. The molecular formula is C31H41NO. The van der Waals surface area contributed by atoms with Crippen LogP contribution in [0.4, 0.5) is 5.69 Å². The quantitative estimate of drug-likeness (QED) is 0.190. The Kier molecular flexibility index (Phi) is 5.91. The Morgan fingerprint density at radius 2 is 1.24 bits per heavy atom. The molecule has 0 aromatic heterocycles. The lowest BCUT2D eigenvalue weighted by atomic mass is 9.52. The number of rotatable bonds is 6. The third-order valence-corrected chi connectivity index (χ3v) is 8.70. The number of para-hydroxylation sites is 2. The molecule has 4 saturated carbocycles. The zero-order chi connectivity index (χ0) is 23.3. The molecule has 0 aliphatic heterocycles. The first kappa shape index (κ1) is 22.7. The zero-order valence-corrected chi connectivity index (χ0v) is 21.4. The van der Waals surface area contributed by atoms with E-state index in [1.807, 2.05) is 0 Å². The van der Waals surface area contributed by atoms with Gasteiger partial charge in [0.05, 0.1) is 0 Å². The summed E-state index contributed by atoms with van der Waals surface area (Å²) in [5.74, 6) is 4.46. The summed E-state index contributed by atoms with van der Waals surface area (Å²) in [6, 6.07) is 13.3. The topological polar surface area (TPSA) is 12.2 Å². The Morgan fingerprint density at radius 3 is 1.70 bits per heavy atom. The summed E-state index contributed by atoms with van der Waals surface area (Å²) in [4.78, 5) is 0. The Hall–Kier alpha value is -2.09. The minimum Gasteiger partial charge on any atom is -0.527 e. The van der Waals surface area contributed by atoms with Gasteiger partial charge in [-0.25, -0.2) is 0 Å².